The van der Waals surface area contributed by atoms with E-state index in [-0.39, 0.29) is 18.3 Å². The number of carbonyl (C=O) groups is 1. The molecule has 5 aromatic rings. The topological polar surface area (TPSA) is 64.7 Å². The van der Waals surface area contributed by atoms with Crippen molar-refractivity contribution in [1.29, 1.82) is 0 Å². The molecule has 0 aliphatic heterocycles. The number of benzene rings is 3. The molecule has 0 aliphatic rings. The maximum absolute atomic E-state index is 14.5. The van der Waals surface area contributed by atoms with Crippen LogP contribution in [0, 0.1) is 19.7 Å². The monoisotopic (exact) mass is 439 g/mol. The van der Waals surface area contributed by atoms with E-state index in [9.17, 15) is 9.18 Å². The van der Waals surface area contributed by atoms with Gasteiger partial charge in [-0.2, -0.15) is 9.78 Å². The molecule has 1 amide bonds. The minimum absolute atomic E-state index is 0.231. The van der Waals surface area contributed by atoms with E-state index in [0.717, 1.165) is 22.3 Å². The van der Waals surface area contributed by atoms with E-state index in [1.165, 1.54) is 6.07 Å². The summed E-state index contributed by atoms with van der Waals surface area (Å²) in [4.78, 5) is 17.8. The molecule has 164 valence electrons. The number of rotatable bonds is 5. The quantitative estimate of drug-likeness (QED) is 0.405. The molecule has 33 heavy (non-hydrogen) atoms. The third-order valence-corrected chi connectivity index (χ3v) is 5.57. The summed E-state index contributed by atoms with van der Waals surface area (Å²) in [6.45, 7) is 4.02. The van der Waals surface area contributed by atoms with Gasteiger partial charge in [0.05, 0.1) is 23.3 Å². The van der Waals surface area contributed by atoms with Gasteiger partial charge in [0.1, 0.15) is 11.6 Å². The van der Waals surface area contributed by atoms with E-state index in [4.69, 9.17) is 4.98 Å². The highest BCUT2D eigenvalue weighted by atomic mass is 19.1. The largest absolute Gasteiger partial charge is 0.306 e. The van der Waals surface area contributed by atoms with Crippen molar-refractivity contribution >= 4 is 22.8 Å². The van der Waals surface area contributed by atoms with Crippen molar-refractivity contribution in [1.82, 2.24) is 19.3 Å². The van der Waals surface area contributed by atoms with Crippen LogP contribution in [-0.4, -0.2) is 25.2 Å². The molecule has 0 saturated heterocycles. The van der Waals surface area contributed by atoms with E-state index < -0.39 is 0 Å². The summed E-state index contributed by atoms with van der Waals surface area (Å²) in [6.07, 6.45) is 0. The Bertz CT molecular complexity index is 1480. The van der Waals surface area contributed by atoms with Crippen molar-refractivity contribution in [2.75, 3.05) is 5.32 Å². The molecule has 0 aliphatic carbocycles. The highest BCUT2D eigenvalue weighted by Crippen LogP contribution is 2.25. The van der Waals surface area contributed by atoms with Crippen LogP contribution in [0.25, 0.3) is 17.0 Å². The van der Waals surface area contributed by atoms with Gasteiger partial charge in [0.15, 0.2) is 0 Å². The number of hydrogen-bond donors (Lipinski definition) is 1. The molecule has 5 rings (SSSR count). The van der Waals surface area contributed by atoms with Gasteiger partial charge in [-0.3, -0.25) is 4.79 Å². The minimum Gasteiger partial charge on any atom is -0.306 e. The fourth-order valence-electron chi connectivity index (χ4n) is 3.93. The molecule has 0 fully saturated rings. The SMILES string of the molecule is Cc1cc(NC(=O)c2ccccc2C)n(-c2nc3ccccc3n2Cc2ccccc2F)n1. The molecule has 3 aromatic carbocycles. The summed E-state index contributed by atoms with van der Waals surface area (Å²) in [6, 6.07) is 23.5. The van der Waals surface area contributed by atoms with Crippen LogP contribution in [0.5, 0.6) is 0 Å². The number of hydrogen-bond acceptors (Lipinski definition) is 3. The second-order valence-corrected chi connectivity index (χ2v) is 7.93. The molecule has 0 atom stereocenters. The van der Waals surface area contributed by atoms with Gasteiger partial charge < -0.3 is 9.88 Å². The fourth-order valence-corrected chi connectivity index (χ4v) is 3.93. The zero-order valence-electron chi connectivity index (χ0n) is 18.3. The van der Waals surface area contributed by atoms with Gasteiger partial charge in [0.2, 0.25) is 5.95 Å². The molecule has 0 bridgehead atoms. The number of amides is 1. The van der Waals surface area contributed by atoms with Gasteiger partial charge in [-0.05, 0) is 43.7 Å². The predicted molar refractivity (Wildman–Crippen MR) is 126 cm³/mol. The van der Waals surface area contributed by atoms with Crippen LogP contribution in [0.4, 0.5) is 10.2 Å². The first-order valence-corrected chi connectivity index (χ1v) is 10.6. The normalized spacial score (nSPS) is 11.1. The van der Waals surface area contributed by atoms with Crippen LogP contribution < -0.4 is 5.32 Å². The standard InChI is InChI=1S/C26H22FN5O/c1-17-9-3-5-11-20(17)25(33)29-24-15-18(2)30-32(24)26-28-22-13-7-8-14-23(22)31(26)16-19-10-4-6-12-21(19)27/h3-15H,16H2,1-2H3,(H,29,33). The smallest absolute Gasteiger partial charge is 0.257 e. The van der Waals surface area contributed by atoms with Crippen LogP contribution in [0.1, 0.15) is 27.2 Å². The number of para-hydroxylation sites is 2. The van der Waals surface area contributed by atoms with E-state index in [1.807, 2.05) is 66.9 Å². The van der Waals surface area contributed by atoms with Crippen LogP contribution in [-0.2, 0) is 6.54 Å². The lowest BCUT2D eigenvalue weighted by Crippen LogP contribution is -2.18. The lowest BCUT2D eigenvalue weighted by atomic mass is 10.1. The van der Waals surface area contributed by atoms with Crippen LogP contribution in [0.15, 0.2) is 78.9 Å². The zero-order chi connectivity index (χ0) is 22.9. The highest BCUT2D eigenvalue weighted by molar-refractivity contribution is 6.05. The van der Waals surface area contributed by atoms with Crippen molar-refractivity contribution in [2.45, 2.75) is 20.4 Å². The number of aryl methyl sites for hydroxylation is 2. The highest BCUT2D eigenvalue weighted by Gasteiger charge is 2.20. The number of aromatic nitrogens is 4. The summed E-state index contributed by atoms with van der Waals surface area (Å²) in [5.41, 5.74) is 4.33. The first-order chi connectivity index (χ1) is 16.0. The second-order valence-electron chi connectivity index (χ2n) is 7.93. The molecule has 2 aromatic heterocycles. The molecule has 6 nitrogen and oxygen atoms in total. The number of carbonyl (C=O) groups excluding carboxylic acids is 1. The Morgan fingerprint density at radius 3 is 2.52 bits per heavy atom. The predicted octanol–water partition coefficient (Wildman–Crippen LogP) is 5.28. The maximum atomic E-state index is 14.5. The van der Waals surface area contributed by atoms with Crippen LogP contribution >= 0.6 is 0 Å². The summed E-state index contributed by atoms with van der Waals surface area (Å²) >= 11 is 0. The van der Waals surface area contributed by atoms with Gasteiger partial charge in [-0.15, -0.1) is 0 Å². The number of halogens is 1. The van der Waals surface area contributed by atoms with E-state index >= 15 is 0 Å². The number of nitrogens with one attached hydrogen (secondary N) is 1. The number of anilines is 1. The van der Waals surface area contributed by atoms with Crippen molar-refractivity contribution in [3.63, 3.8) is 0 Å². The lowest BCUT2D eigenvalue weighted by molar-refractivity contribution is 0.102. The Kier molecular flexibility index (Phi) is 5.22. The molecule has 0 spiro atoms. The molecular weight excluding hydrogens is 417 g/mol. The van der Waals surface area contributed by atoms with Gasteiger partial charge in [-0.1, -0.05) is 48.5 Å². The van der Waals surface area contributed by atoms with Gasteiger partial charge >= 0.3 is 0 Å². The number of fused-ring (bicyclic) bond motifs is 1. The van der Waals surface area contributed by atoms with E-state index in [1.54, 1.807) is 28.9 Å². The van der Waals surface area contributed by atoms with Crippen molar-refractivity contribution in [3.8, 4) is 5.95 Å². The Morgan fingerprint density at radius 1 is 0.970 bits per heavy atom. The molecule has 1 N–H and O–H groups in total. The molecule has 0 radical (unpaired) electrons. The second kappa shape index (κ2) is 8.35. The average molecular weight is 439 g/mol. The van der Waals surface area contributed by atoms with Crippen LogP contribution in [0.3, 0.4) is 0 Å². The first-order valence-electron chi connectivity index (χ1n) is 10.6. The molecule has 7 heteroatoms. The Morgan fingerprint density at radius 2 is 1.70 bits per heavy atom. The molecule has 2 heterocycles. The minimum atomic E-state index is -0.286. The van der Waals surface area contributed by atoms with E-state index in [2.05, 4.69) is 10.4 Å². The average Bonchev–Trinajstić information content (AvgIpc) is 3.35. The zero-order valence-corrected chi connectivity index (χ0v) is 18.3. The summed E-state index contributed by atoms with van der Waals surface area (Å²) in [7, 11) is 0. The van der Waals surface area contributed by atoms with Gasteiger partial charge in [-0.25, -0.2) is 9.37 Å². The fraction of sp³-hybridized carbons (Fsp3) is 0.115. The lowest BCUT2D eigenvalue weighted by Gasteiger charge is -2.13. The first kappa shape index (κ1) is 20.6. The summed E-state index contributed by atoms with van der Waals surface area (Å²) in [5, 5.41) is 7.56. The third-order valence-electron chi connectivity index (χ3n) is 5.57. The van der Waals surface area contributed by atoms with Gasteiger partial charge in [0, 0.05) is 17.2 Å². The number of imidazole rings is 1. The van der Waals surface area contributed by atoms with Crippen molar-refractivity contribution in [3.05, 3.63) is 107 Å². The summed E-state index contributed by atoms with van der Waals surface area (Å²) in [5.74, 6) is 0.468. The molecule has 0 unspecified atom stereocenters. The molecular formula is C26H22FN5O. The van der Waals surface area contributed by atoms with Gasteiger partial charge in [0.25, 0.3) is 5.91 Å². The molecule has 0 saturated carbocycles. The summed E-state index contributed by atoms with van der Waals surface area (Å²) < 4.78 is 18.0. The maximum Gasteiger partial charge on any atom is 0.257 e. The Hall–Kier alpha value is -4.26. The van der Waals surface area contributed by atoms with Crippen molar-refractivity contribution in [2.24, 2.45) is 0 Å². The Balaban J connectivity index is 1.61. The van der Waals surface area contributed by atoms with E-state index in [0.29, 0.717) is 22.9 Å². The van der Waals surface area contributed by atoms with Crippen LogP contribution in [0.2, 0.25) is 0 Å². The number of nitrogens with zero attached hydrogens (tertiary/aromatic N) is 4. The van der Waals surface area contributed by atoms with Crippen molar-refractivity contribution < 1.29 is 9.18 Å². The third kappa shape index (κ3) is 3.89. The Labute approximate surface area is 190 Å².